The second-order valence-electron chi connectivity index (χ2n) is 9.77. The third-order valence-corrected chi connectivity index (χ3v) is 8.25. The third kappa shape index (κ3) is 6.23. The van der Waals surface area contributed by atoms with Crippen LogP contribution >= 0.6 is 22.9 Å². The minimum Gasteiger partial charge on any atom is -0.318 e. The van der Waals surface area contributed by atoms with E-state index in [2.05, 4.69) is 15.7 Å². The van der Waals surface area contributed by atoms with Crippen LogP contribution in [0.2, 0.25) is 5.02 Å². The fourth-order valence-electron chi connectivity index (χ4n) is 4.50. The number of nitrogens with one attached hydrogen (secondary N) is 2. The van der Waals surface area contributed by atoms with Gasteiger partial charge in [0.1, 0.15) is 16.9 Å². The quantitative estimate of drug-likeness (QED) is 0.174. The third-order valence-electron chi connectivity index (χ3n) is 6.81. The summed E-state index contributed by atoms with van der Waals surface area (Å²) in [5.74, 6) is -0.723. The summed E-state index contributed by atoms with van der Waals surface area (Å²) in [6.45, 7) is 5.91. The number of aromatic nitrogens is 4. The molecular formula is C29H26ClN7O5S. The van der Waals surface area contributed by atoms with Gasteiger partial charge in [-0.05, 0) is 50.6 Å². The summed E-state index contributed by atoms with van der Waals surface area (Å²) in [4.78, 5) is 59.8. The highest BCUT2D eigenvalue weighted by Crippen LogP contribution is 2.39. The smallest absolute Gasteiger partial charge is 0.269 e. The Hall–Kier alpha value is -4.72. The molecule has 0 bridgehead atoms. The first-order valence-electron chi connectivity index (χ1n) is 13.0. The minimum absolute atomic E-state index is 0.168. The lowest BCUT2D eigenvalue weighted by molar-refractivity contribution is -0.148. The SMILES string of the molecule is Cc1sc2c(c1C)C(c1ccc(Cl)cc1)=N[C@@H](CC(=O)NONC(=O)/C=C/C(=O)c1ccc(=O)n(C)c1)c1nnc(C)n1-2. The number of aryl methyl sites for hydroxylation is 3. The number of amides is 2. The van der Waals surface area contributed by atoms with E-state index in [-0.39, 0.29) is 17.5 Å². The number of hydroxylamine groups is 2. The molecule has 1 aliphatic heterocycles. The number of pyridine rings is 1. The van der Waals surface area contributed by atoms with Gasteiger partial charge in [0.25, 0.3) is 5.91 Å². The van der Waals surface area contributed by atoms with E-state index < -0.39 is 23.6 Å². The van der Waals surface area contributed by atoms with Crippen LogP contribution in [-0.4, -0.2) is 42.6 Å². The van der Waals surface area contributed by atoms with Gasteiger partial charge in [0, 0.05) is 52.0 Å². The molecule has 0 saturated heterocycles. The lowest BCUT2D eigenvalue weighted by Gasteiger charge is -2.13. The van der Waals surface area contributed by atoms with Gasteiger partial charge in [-0.25, -0.2) is 11.0 Å². The van der Waals surface area contributed by atoms with Crippen LogP contribution in [0.4, 0.5) is 0 Å². The summed E-state index contributed by atoms with van der Waals surface area (Å²) in [7, 11) is 1.51. The number of allylic oxidation sites excluding steroid dienone is 1. The normalized spacial score (nSPS) is 14.1. The van der Waals surface area contributed by atoms with Crippen molar-refractivity contribution in [2.75, 3.05) is 0 Å². The molecule has 2 N–H and O–H groups in total. The van der Waals surface area contributed by atoms with Crippen LogP contribution in [0.25, 0.3) is 5.00 Å². The van der Waals surface area contributed by atoms with E-state index in [9.17, 15) is 19.2 Å². The van der Waals surface area contributed by atoms with E-state index in [0.717, 1.165) is 38.7 Å². The molecule has 0 saturated carbocycles. The van der Waals surface area contributed by atoms with Crippen LogP contribution in [0.15, 0.2) is 64.5 Å². The zero-order valence-corrected chi connectivity index (χ0v) is 25.1. The van der Waals surface area contributed by atoms with E-state index >= 15 is 0 Å². The Kier molecular flexibility index (Phi) is 8.48. The summed E-state index contributed by atoms with van der Waals surface area (Å²) < 4.78 is 3.17. The van der Waals surface area contributed by atoms with Gasteiger partial charge in [-0.2, -0.15) is 4.94 Å². The Morgan fingerprint density at radius 3 is 2.51 bits per heavy atom. The number of nitrogens with zero attached hydrogens (tertiary/aromatic N) is 5. The number of hydrogen-bond donors (Lipinski definition) is 2. The number of hydrogen-bond acceptors (Lipinski definition) is 9. The van der Waals surface area contributed by atoms with Crippen molar-refractivity contribution in [2.45, 2.75) is 33.2 Å². The van der Waals surface area contributed by atoms with Crippen LogP contribution in [0.3, 0.4) is 0 Å². The Bertz CT molecular complexity index is 1870. The number of aliphatic imine (C=N–C) groups is 1. The number of fused-ring (bicyclic) bond motifs is 3. The average molecular weight is 620 g/mol. The van der Waals surface area contributed by atoms with E-state index in [0.29, 0.717) is 22.4 Å². The molecule has 0 fully saturated rings. The summed E-state index contributed by atoms with van der Waals surface area (Å²) >= 11 is 7.74. The lowest BCUT2D eigenvalue weighted by atomic mass is 9.99. The van der Waals surface area contributed by atoms with Gasteiger partial charge in [0.05, 0.1) is 12.1 Å². The van der Waals surface area contributed by atoms with Crippen molar-refractivity contribution in [1.29, 1.82) is 0 Å². The number of halogens is 1. The van der Waals surface area contributed by atoms with E-state index in [4.69, 9.17) is 21.5 Å². The van der Waals surface area contributed by atoms with Crippen molar-refractivity contribution in [3.63, 3.8) is 0 Å². The fourth-order valence-corrected chi connectivity index (χ4v) is 5.84. The first kappa shape index (κ1) is 29.8. The predicted octanol–water partition coefficient (Wildman–Crippen LogP) is 3.41. The van der Waals surface area contributed by atoms with Crippen molar-refractivity contribution < 1.29 is 19.3 Å². The number of thiophene rings is 1. The standard InChI is InChI=1S/C29H26ClN7O5S/c1-15-16(2)43-29-26(15)27(18-5-8-20(30)9-6-18)31-21(28-33-32-17(3)37(28)29)13-24(40)35-42-34-23(39)11-10-22(38)19-7-12-25(41)36(4)14-19/h5-12,14,21H,13H2,1-4H3,(H,34,39)(H,35,40)/b11-10+/t21-/m0/s1. The minimum atomic E-state index is -0.790. The Labute approximate surface area is 254 Å². The first-order chi connectivity index (χ1) is 20.5. The zero-order valence-electron chi connectivity index (χ0n) is 23.5. The van der Waals surface area contributed by atoms with Crippen LogP contribution in [-0.2, 0) is 21.6 Å². The van der Waals surface area contributed by atoms with Gasteiger partial charge < -0.3 is 4.57 Å². The number of ketones is 1. The Balaban J connectivity index is 1.31. The lowest BCUT2D eigenvalue weighted by Crippen LogP contribution is -2.34. The van der Waals surface area contributed by atoms with Gasteiger partial charge in [-0.1, -0.05) is 23.7 Å². The highest BCUT2D eigenvalue weighted by molar-refractivity contribution is 7.15. The van der Waals surface area contributed by atoms with Crippen molar-refractivity contribution in [2.24, 2.45) is 12.0 Å². The highest BCUT2D eigenvalue weighted by Gasteiger charge is 2.32. The maximum Gasteiger partial charge on any atom is 0.269 e. The molecule has 0 spiro atoms. The van der Waals surface area contributed by atoms with Gasteiger partial charge in [-0.15, -0.1) is 21.5 Å². The van der Waals surface area contributed by atoms with Gasteiger partial charge in [-0.3, -0.25) is 28.7 Å². The second kappa shape index (κ2) is 12.3. The molecule has 2 amide bonds. The molecular weight excluding hydrogens is 594 g/mol. The molecule has 5 rings (SSSR count). The van der Waals surface area contributed by atoms with Crippen molar-refractivity contribution in [3.8, 4) is 5.00 Å². The summed E-state index contributed by atoms with van der Waals surface area (Å²) in [5.41, 5.74) is 7.69. The molecule has 0 aliphatic carbocycles. The molecule has 220 valence electrons. The number of carbonyl (C=O) groups excluding carboxylic acids is 3. The van der Waals surface area contributed by atoms with Crippen LogP contribution < -0.4 is 16.5 Å². The monoisotopic (exact) mass is 619 g/mol. The average Bonchev–Trinajstić information content (AvgIpc) is 3.45. The topological polar surface area (TPSA) is 150 Å². The molecule has 0 radical (unpaired) electrons. The van der Waals surface area contributed by atoms with Gasteiger partial charge in [0.2, 0.25) is 11.5 Å². The molecule has 12 nitrogen and oxygen atoms in total. The summed E-state index contributed by atoms with van der Waals surface area (Å²) in [5, 5.41) is 10.1. The molecule has 3 aromatic heterocycles. The van der Waals surface area contributed by atoms with Crippen LogP contribution in [0.1, 0.15) is 56.0 Å². The van der Waals surface area contributed by atoms with Crippen molar-refractivity contribution in [3.05, 3.63) is 109 Å². The largest absolute Gasteiger partial charge is 0.318 e. The van der Waals surface area contributed by atoms with Crippen molar-refractivity contribution >= 4 is 46.2 Å². The molecule has 0 unspecified atom stereocenters. The van der Waals surface area contributed by atoms with Gasteiger partial charge in [0.15, 0.2) is 11.6 Å². The van der Waals surface area contributed by atoms with Crippen LogP contribution in [0.5, 0.6) is 0 Å². The van der Waals surface area contributed by atoms with E-state index in [1.54, 1.807) is 23.5 Å². The Morgan fingerprint density at radius 1 is 1.05 bits per heavy atom. The van der Waals surface area contributed by atoms with Gasteiger partial charge >= 0.3 is 0 Å². The second-order valence-corrected chi connectivity index (χ2v) is 11.4. The molecule has 43 heavy (non-hydrogen) atoms. The maximum atomic E-state index is 12.9. The summed E-state index contributed by atoms with van der Waals surface area (Å²) in [6.07, 6.45) is 3.17. The summed E-state index contributed by atoms with van der Waals surface area (Å²) in [6, 6.07) is 9.21. The number of carbonyl (C=O) groups is 3. The van der Waals surface area contributed by atoms with Crippen molar-refractivity contribution in [1.82, 2.24) is 30.3 Å². The molecule has 1 atom stereocenters. The highest BCUT2D eigenvalue weighted by atomic mass is 35.5. The number of rotatable bonds is 8. The molecule has 1 aromatic carbocycles. The molecule has 4 heterocycles. The fraction of sp³-hybridized carbons (Fsp3) is 0.207. The number of benzene rings is 1. The van der Waals surface area contributed by atoms with Crippen LogP contribution in [0, 0.1) is 20.8 Å². The van der Waals surface area contributed by atoms with E-state index in [1.807, 2.05) is 43.0 Å². The molecule has 1 aliphatic rings. The Morgan fingerprint density at radius 2 is 1.79 bits per heavy atom. The molecule has 4 aromatic rings. The molecule has 14 heteroatoms. The predicted molar refractivity (Wildman–Crippen MR) is 160 cm³/mol. The van der Waals surface area contributed by atoms with E-state index in [1.165, 1.54) is 29.9 Å². The first-order valence-corrected chi connectivity index (χ1v) is 14.2. The maximum absolute atomic E-state index is 12.9. The zero-order chi connectivity index (χ0) is 30.8.